The van der Waals surface area contributed by atoms with Gasteiger partial charge in [0, 0.05) is 38.9 Å². The minimum absolute atomic E-state index is 0.000887. The molecule has 1 fully saturated rings. The molecule has 1 aromatic rings. The van der Waals surface area contributed by atoms with E-state index in [-0.39, 0.29) is 5.91 Å². The quantitative estimate of drug-likeness (QED) is 0.816. The van der Waals surface area contributed by atoms with Gasteiger partial charge < -0.3 is 15.1 Å². The van der Waals surface area contributed by atoms with Crippen LogP contribution < -0.4 is 5.32 Å². The summed E-state index contributed by atoms with van der Waals surface area (Å²) in [6.45, 7) is 6.32. The second kappa shape index (κ2) is 7.19. The molecular formula is C14H23N5O. The van der Waals surface area contributed by atoms with Gasteiger partial charge >= 0.3 is 0 Å². The molecule has 1 N–H and O–H groups in total. The first-order valence-electron chi connectivity index (χ1n) is 7.25. The Morgan fingerprint density at radius 3 is 2.80 bits per heavy atom. The van der Waals surface area contributed by atoms with Crippen LogP contribution in [0.3, 0.4) is 0 Å². The van der Waals surface area contributed by atoms with Crippen LogP contribution in [-0.2, 0) is 0 Å². The minimum Gasteiger partial charge on any atom is -0.354 e. The van der Waals surface area contributed by atoms with Gasteiger partial charge in [-0.1, -0.05) is 13.3 Å². The van der Waals surface area contributed by atoms with Gasteiger partial charge in [0.15, 0.2) is 0 Å². The zero-order valence-corrected chi connectivity index (χ0v) is 12.3. The van der Waals surface area contributed by atoms with Crippen molar-refractivity contribution in [2.45, 2.75) is 19.8 Å². The van der Waals surface area contributed by atoms with Crippen LogP contribution in [0.1, 0.15) is 30.3 Å². The number of anilines is 1. The second-order valence-electron chi connectivity index (χ2n) is 5.14. The van der Waals surface area contributed by atoms with Crippen LogP contribution in [0.4, 0.5) is 5.95 Å². The van der Waals surface area contributed by atoms with Gasteiger partial charge in [0.2, 0.25) is 5.95 Å². The molecule has 1 aromatic heterocycles. The zero-order valence-electron chi connectivity index (χ0n) is 12.3. The SMILES string of the molecule is CCCCNc1nccc(C(=O)N2CCN(C)CC2)n1. The number of carbonyl (C=O) groups is 1. The maximum absolute atomic E-state index is 12.4. The number of likely N-dealkylation sites (N-methyl/N-ethyl adjacent to an activating group) is 1. The van der Waals surface area contributed by atoms with Gasteiger partial charge in [0.05, 0.1) is 0 Å². The molecule has 6 nitrogen and oxygen atoms in total. The summed E-state index contributed by atoms with van der Waals surface area (Å²) in [5.74, 6) is 0.539. The molecule has 2 heterocycles. The smallest absolute Gasteiger partial charge is 0.272 e. The molecule has 1 amide bonds. The molecule has 0 unspecified atom stereocenters. The summed E-state index contributed by atoms with van der Waals surface area (Å²) in [5.41, 5.74) is 0.476. The Balaban J connectivity index is 1.97. The number of nitrogens with zero attached hydrogens (tertiary/aromatic N) is 4. The summed E-state index contributed by atoms with van der Waals surface area (Å²) in [4.78, 5) is 24.9. The third-order valence-electron chi connectivity index (χ3n) is 3.48. The highest BCUT2D eigenvalue weighted by Crippen LogP contribution is 2.08. The van der Waals surface area contributed by atoms with Crippen LogP contribution in [0.5, 0.6) is 0 Å². The van der Waals surface area contributed by atoms with Crippen molar-refractivity contribution in [3.05, 3.63) is 18.0 Å². The first kappa shape index (κ1) is 14.7. The Bertz CT molecular complexity index is 443. The van der Waals surface area contributed by atoms with E-state index >= 15 is 0 Å². The van der Waals surface area contributed by atoms with Crippen molar-refractivity contribution in [2.24, 2.45) is 0 Å². The molecule has 110 valence electrons. The lowest BCUT2D eigenvalue weighted by Crippen LogP contribution is -2.47. The number of nitrogens with one attached hydrogen (secondary N) is 1. The third kappa shape index (κ3) is 3.90. The normalized spacial score (nSPS) is 16.2. The number of unbranched alkanes of at least 4 members (excludes halogenated alkanes) is 1. The molecule has 0 radical (unpaired) electrons. The van der Waals surface area contributed by atoms with Gasteiger partial charge in [-0.25, -0.2) is 9.97 Å². The van der Waals surface area contributed by atoms with E-state index in [1.165, 1.54) is 0 Å². The lowest BCUT2D eigenvalue weighted by Gasteiger charge is -2.32. The van der Waals surface area contributed by atoms with Crippen LogP contribution in [0.15, 0.2) is 12.3 Å². The van der Waals surface area contributed by atoms with Gasteiger partial charge in [-0.2, -0.15) is 0 Å². The molecule has 1 aliphatic heterocycles. The number of piperazine rings is 1. The number of amides is 1. The number of aromatic nitrogens is 2. The van der Waals surface area contributed by atoms with Crippen molar-refractivity contribution in [3.63, 3.8) is 0 Å². The Morgan fingerprint density at radius 2 is 2.10 bits per heavy atom. The number of hydrogen-bond acceptors (Lipinski definition) is 5. The summed E-state index contributed by atoms with van der Waals surface area (Å²) < 4.78 is 0. The number of hydrogen-bond donors (Lipinski definition) is 1. The van der Waals surface area contributed by atoms with Crippen molar-refractivity contribution < 1.29 is 4.79 Å². The number of rotatable bonds is 5. The summed E-state index contributed by atoms with van der Waals surface area (Å²) in [7, 11) is 2.07. The van der Waals surface area contributed by atoms with E-state index in [0.717, 1.165) is 45.6 Å². The van der Waals surface area contributed by atoms with Gasteiger partial charge in [-0.3, -0.25) is 4.79 Å². The third-order valence-corrected chi connectivity index (χ3v) is 3.48. The molecule has 0 saturated carbocycles. The first-order chi connectivity index (χ1) is 9.70. The van der Waals surface area contributed by atoms with E-state index in [4.69, 9.17) is 0 Å². The predicted octanol–water partition coefficient (Wildman–Crippen LogP) is 1.08. The van der Waals surface area contributed by atoms with E-state index in [9.17, 15) is 4.79 Å². The van der Waals surface area contributed by atoms with Crippen LogP contribution >= 0.6 is 0 Å². The van der Waals surface area contributed by atoms with E-state index < -0.39 is 0 Å². The topological polar surface area (TPSA) is 61.4 Å². The minimum atomic E-state index is -0.000887. The van der Waals surface area contributed by atoms with Crippen molar-refractivity contribution in [1.82, 2.24) is 19.8 Å². The van der Waals surface area contributed by atoms with E-state index in [1.54, 1.807) is 12.3 Å². The Morgan fingerprint density at radius 1 is 1.35 bits per heavy atom. The summed E-state index contributed by atoms with van der Waals surface area (Å²) in [5, 5.41) is 3.15. The maximum atomic E-state index is 12.4. The van der Waals surface area contributed by atoms with Gasteiger partial charge in [-0.05, 0) is 19.5 Å². The van der Waals surface area contributed by atoms with Crippen LogP contribution in [-0.4, -0.2) is 65.4 Å². The lowest BCUT2D eigenvalue weighted by molar-refractivity contribution is 0.0658. The molecule has 1 aliphatic rings. The lowest BCUT2D eigenvalue weighted by atomic mass is 10.3. The molecule has 0 aliphatic carbocycles. The van der Waals surface area contributed by atoms with Crippen LogP contribution in [0.2, 0.25) is 0 Å². The molecule has 2 rings (SSSR count). The van der Waals surface area contributed by atoms with E-state index in [2.05, 4.69) is 34.2 Å². The van der Waals surface area contributed by atoms with Crippen molar-refractivity contribution in [2.75, 3.05) is 45.1 Å². The summed E-state index contributed by atoms with van der Waals surface area (Å²) >= 11 is 0. The highest BCUT2D eigenvalue weighted by Gasteiger charge is 2.21. The zero-order chi connectivity index (χ0) is 14.4. The van der Waals surface area contributed by atoms with Crippen molar-refractivity contribution in [3.8, 4) is 0 Å². The van der Waals surface area contributed by atoms with Crippen molar-refractivity contribution >= 4 is 11.9 Å². The Labute approximate surface area is 120 Å². The average Bonchev–Trinajstić information content (AvgIpc) is 2.48. The summed E-state index contributed by atoms with van der Waals surface area (Å²) in [6.07, 6.45) is 3.83. The monoisotopic (exact) mass is 277 g/mol. The molecule has 6 heteroatoms. The molecule has 0 aromatic carbocycles. The van der Waals surface area contributed by atoms with E-state index in [0.29, 0.717) is 11.6 Å². The molecule has 20 heavy (non-hydrogen) atoms. The van der Waals surface area contributed by atoms with Gasteiger partial charge in [-0.15, -0.1) is 0 Å². The highest BCUT2D eigenvalue weighted by molar-refractivity contribution is 5.92. The molecule has 0 atom stereocenters. The Hall–Kier alpha value is -1.69. The van der Waals surface area contributed by atoms with E-state index in [1.807, 2.05) is 4.90 Å². The fraction of sp³-hybridized carbons (Fsp3) is 0.643. The highest BCUT2D eigenvalue weighted by atomic mass is 16.2. The predicted molar refractivity (Wildman–Crippen MR) is 78.8 cm³/mol. The fourth-order valence-electron chi connectivity index (χ4n) is 2.11. The molecule has 0 bridgehead atoms. The largest absolute Gasteiger partial charge is 0.354 e. The van der Waals surface area contributed by atoms with Crippen LogP contribution in [0, 0.1) is 0 Å². The molecule has 1 saturated heterocycles. The van der Waals surface area contributed by atoms with Gasteiger partial charge in [0.25, 0.3) is 5.91 Å². The van der Waals surface area contributed by atoms with Gasteiger partial charge in [0.1, 0.15) is 5.69 Å². The molecule has 0 spiro atoms. The average molecular weight is 277 g/mol. The molecular weight excluding hydrogens is 254 g/mol. The first-order valence-corrected chi connectivity index (χ1v) is 7.25. The second-order valence-corrected chi connectivity index (χ2v) is 5.14. The summed E-state index contributed by atoms with van der Waals surface area (Å²) in [6, 6.07) is 1.69. The maximum Gasteiger partial charge on any atom is 0.272 e. The van der Waals surface area contributed by atoms with Crippen molar-refractivity contribution in [1.29, 1.82) is 0 Å². The van der Waals surface area contributed by atoms with Crippen LogP contribution in [0.25, 0.3) is 0 Å². The Kier molecular flexibility index (Phi) is 5.29. The standard InChI is InChI=1S/C14H23N5O/c1-3-4-6-15-14-16-7-5-12(17-14)13(20)19-10-8-18(2)9-11-19/h5,7H,3-4,6,8-11H2,1-2H3,(H,15,16,17). The number of carbonyl (C=O) groups excluding carboxylic acids is 1. The fourth-order valence-corrected chi connectivity index (χ4v) is 2.11.